The first kappa shape index (κ1) is 14.8. The number of hydrogen-bond acceptors (Lipinski definition) is 3. The fourth-order valence-corrected chi connectivity index (χ4v) is 2.01. The van der Waals surface area contributed by atoms with Crippen LogP contribution < -0.4 is 16.4 Å². The zero-order valence-electron chi connectivity index (χ0n) is 11.6. The summed E-state index contributed by atoms with van der Waals surface area (Å²) in [5, 5.41) is 7.12. The van der Waals surface area contributed by atoms with Crippen LogP contribution in [-0.4, -0.2) is 31.7 Å². The number of fused-ring (bicyclic) bond motifs is 1. The van der Waals surface area contributed by atoms with Gasteiger partial charge >= 0.3 is 6.03 Å². The van der Waals surface area contributed by atoms with Gasteiger partial charge in [-0.1, -0.05) is 36.4 Å². The van der Waals surface area contributed by atoms with E-state index < -0.39 is 18.0 Å². The van der Waals surface area contributed by atoms with Gasteiger partial charge in [-0.05, 0) is 11.5 Å². The van der Waals surface area contributed by atoms with E-state index in [1.165, 1.54) is 7.11 Å². The Labute approximate surface area is 122 Å². The van der Waals surface area contributed by atoms with E-state index in [0.29, 0.717) is 5.69 Å². The first-order valence-electron chi connectivity index (χ1n) is 6.45. The maximum absolute atomic E-state index is 12.0. The Kier molecular flexibility index (Phi) is 4.73. The number of carbonyl (C=O) groups excluding carboxylic acids is 2. The minimum absolute atomic E-state index is 0.0261. The summed E-state index contributed by atoms with van der Waals surface area (Å²) in [6, 6.07) is 11.9. The second-order valence-electron chi connectivity index (χ2n) is 4.54. The third-order valence-corrected chi connectivity index (χ3v) is 3.02. The molecule has 1 atom stereocenters. The van der Waals surface area contributed by atoms with Crippen molar-refractivity contribution in [2.75, 3.05) is 19.0 Å². The fraction of sp³-hybridized carbons (Fsp3) is 0.200. The molecule has 2 rings (SSSR count). The van der Waals surface area contributed by atoms with Crippen molar-refractivity contribution in [1.82, 2.24) is 5.32 Å². The highest BCUT2D eigenvalue weighted by Crippen LogP contribution is 2.22. The van der Waals surface area contributed by atoms with Gasteiger partial charge in [0, 0.05) is 12.5 Å². The molecule has 3 amide bonds. The molecule has 4 N–H and O–H groups in total. The lowest BCUT2D eigenvalue weighted by atomic mass is 10.1. The van der Waals surface area contributed by atoms with Crippen LogP contribution in [0, 0.1) is 0 Å². The average Bonchev–Trinajstić information content (AvgIpc) is 2.47. The molecule has 110 valence electrons. The van der Waals surface area contributed by atoms with E-state index >= 15 is 0 Å². The molecule has 0 saturated carbocycles. The highest BCUT2D eigenvalue weighted by Gasteiger charge is 2.18. The van der Waals surface area contributed by atoms with Crippen molar-refractivity contribution >= 4 is 28.4 Å². The summed E-state index contributed by atoms with van der Waals surface area (Å²) < 4.78 is 4.84. The maximum atomic E-state index is 12.0. The number of methoxy groups -OCH3 is 1. The molecule has 0 aliphatic rings. The van der Waals surface area contributed by atoms with E-state index in [9.17, 15) is 9.59 Å². The summed E-state index contributed by atoms with van der Waals surface area (Å²) >= 11 is 0. The Morgan fingerprint density at radius 2 is 1.90 bits per heavy atom. The number of amides is 3. The molecule has 0 heterocycles. The second-order valence-corrected chi connectivity index (χ2v) is 4.54. The summed E-state index contributed by atoms with van der Waals surface area (Å²) in [6.07, 6.45) is 0. The number of carbonyl (C=O) groups is 2. The number of hydrogen-bond donors (Lipinski definition) is 3. The van der Waals surface area contributed by atoms with Gasteiger partial charge in [-0.25, -0.2) is 4.79 Å². The van der Waals surface area contributed by atoms with Crippen LogP contribution in [0.25, 0.3) is 10.8 Å². The number of nitrogens with one attached hydrogen (secondary N) is 2. The Bertz CT molecular complexity index is 652. The first-order chi connectivity index (χ1) is 10.1. The molecule has 0 radical (unpaired) electrons. The molecule has 0 bridgehead atoms. The zero-order chi connectivity index (χ0) is 15.2. The SMILES string of the molecule is COC[C@H](NC(=O)Nc1cccc2ccccc12)C(N)=O. The Hall–Kier alpha value is -2.60. The lowest BCUT2D eigenvalue weighted by Gasteiger charge is -2.15. The molecule has 6 heteroatoms. The first-order valence-corrected chi connectivity index (χ1v) is 6.45. The van der Waals surface area contributed by atoms with E-state index in [1.54, 1.807) is 6.07 Å². The second kappa shape index (κ2) is 6.71. The molecule has 21 heavy (non-hydrogen) atoms. The molecule has 0 aliphatic heterocycles. The van der Waals surface area contributed by atoms with E-state index in [-0.39, 0.29) is 6.61 Å². The van der Waals surface area contributed by atoms with Crippen LogP contribution in [0.4, 0.5) is 10.5 Å². The van der Waals surface area contributed by atoms with Crippen molar-refractivity contribution < 1.29 is 14.3 Å². The van der Waals surface area contributed by atoms with Crippen LogP contribution in [0.1, 0.15) is 0 Å². The summed E-state index contributed by atoms with van der Waals surface area (Å²) in [5.74, 6) is -0.648. The molecule has 0 unspecified atom stereocenters. The predicted octanol–water partition coefficient (Wildman–Crippen LogP) is 1.46. The van der Waals surface area contributed by atoms with Crippen molar-refractivity contribution in [3.8, 4) is 0 Å². The molecule has 6 nitrogen and oxygen atoms in total. The maximum Gasteiger partial charge on any atom is 0.319 e. The van der Waals surface area contributed by atoms with Crippen molar-refractivity contribution in [3.05, 3.63) is 42.5 Å². The van der Waals surface area contributed by atoms with Gasteiger partial charge in [-0.2, -0.15) is 0 Å². The third kappa shape index (κ3) is 3.70. The smallest absolute Gasteiger partial charge is 0.319 e. The number of ether oxygens (including phenoxy) is 1. The molecule has 2 aromatic rings. The minimum Gasteiger partial charge on any atom is -0.382 e. The van der Waals surface area contributed by atoms with Crippen LogP contribution in [0.15, 0.2) is 42.5 Å². The largest absolute Gasteiger partial charge is 0.382 e. The van der Waals surface area contributed by atoms with Crippen LogP contribution in [0.5, 0.6) is 0 Å². The lowest BCUT2D eigenvalue weighted by molar-refractivity contribution is -0.120. The monoisotopic (exact) mass is 287 g/mol. The highest BCUT2D eigenvalue weighted by molar-refractivity contribution is 6.02. The molecule has 0 aromatic heterocycles. The van der Waals surface area contributed by atoms with Gasteiger partial charge in [0.25, 0.3) is 0 Å². The van der Waals surface area contributed by atoms with Gasteiger partial charge in [0.2, 0.25) is 5.91 Å². The minimum atomic E-state index is -0.870. The molecule has 0 aliphatic carbocycles. The summed E-state index contributed by atoms with van der Waals surface area (Å²) in [6.45, 7) is 0.0261. The zero-order valence-corrected chi connectivity index (χ0v) is 11.6. The highest BCUT2D eigenvalue weighted by atomic mass is 16.5. The summed E-state index contributed by atoms with van der Waals surface area (Å²) in [4.78, 5) is 23.1. The van der Waals surface area contributed by atoms with Crippen LogP contribution in [0.2, 0.25) is 0 Å². The number of nitrogens with two attached hydrogens (primary N) is 1. The molecule has 0 saturated heterocycles. The Morgan fingerprint density at radius 1 is 1.19 bits per heavy atom. The Morgan fingerprint density at radius 3 is 2.62 bits per heavy atom. The van der Waals surface area contributed by atoms with Crippen LogP contribution in [0.3, 0.4) is 0 Å². The van der Waals surface area contributed by atoms with Gasteiger partial charge in [0.05, 0.1) is 12.3 Å². The molecule has 0 spiro atoms. The molecular weight excluding hydrogens is 270 g/mol. The van der Waals surface area contributed by atoms with Gasteiger partial charge in [0.15, 0.2) is 0 Å². The van der Waals surface area contributed by atoms with Crippen molar-refractivity contribution in [2.45, 2.75) is 6.04 Å². The van der Waals surface area contributed by atoms with Crippen molar-refractivity contribution in [3.63, 3.8) is 0 Å². The topological polar surface area (TPSA) is 93.4 Å². The van der Waals surface area contributed by atoms with E-state index in [1.807, 2.05) is 36.4 Å². The molecule has 2 aromatic carbocycles. The van der Waals surface area contributed by atoms with Crippen molar-refractivity contribution in [2.24, 2.45) is 5.73 Å². The normalized spacial score (nSPS) is 11.9. The number of anilines is 1. The van der Waals surface area contributed by atoms with Gasteiger partial charge in [-0.3, -0.25) is 4.79 Å². The third-order valence-electron chi connectivity index (χ3n) is 3.02. The standard InChI is InChI=1S/C15H17N3O3/c1-21-9-13(14(16)19)18-15(20)17-12-8-4-6-10-5-2-3-7-11(10)12/h2-8,13H,9H2,1H3,(H2,16,19)(H2,17,18,20)/t13-/m0/s1. The number of rotatable bonds is 5. The van der Waals surface area contributed by atoms with E-state index in [2.05, 4.69) is 10.6 Å². The summed E-state index contributed by atoms with van der Waals surface area (Å²) in [7, 11) is 1.43. The summed E-state index contributed by atoms with van der Waals surface area (Å²) in [5.41, 5.74) is 5.85. The Balaban J connectivity index is 2.13. The number of urea groups is 1. The average molecular weight is 287 g/mol. The van der Waals surface area contributed by atoms with Gasteiger partial charge in [-0.15, -0.1) is 0 Å². The quantitative estimate of drug-likeness (QED) is 0.777. The number of benzene rings is 2. The van der Waals surface area contributed by atoms with E-state index in [4.69, 9.17) is 10.5 Å². The molecule has 0 fully saturated rings. The lowest BCUT2D eigenvalue weighted by Crippen LogP contribution is -2.48. The predicted molar refractivity (Wildman–Crippen MR) is 81.0 cm³/mol. The van der Waals surface area contributed by atoms with Crippen molar-refractivity contribution in [1.29, 1.82) is 0 Å². The van der Waals surface area contributed by atoms with Crippen LogP contribution in [-0.2, 0) is 9.53 Å². The molecular formula is C15H17N3O3. The van der Waals surface area contributed by atoms with E-state index in [0.717, 1.165) is 10.8 Å². The fourth-order valence-electron chi connectivity index (χ4n) is 2.01. The van der Waals surface area contributed by atoms with Gasteiger partial charge in [0.1, 0.15) is 6.04 Å². The van der Waals surface area contributed by atoms with Gasteiger partial charge < -0.3 is 21.1 Å². The van der Waals surface area contributed by atoms with Crippen LogP contribution >= 0.6 is 0 Å². The number of primary amides is 1.